The Bertz CT molecular complexity index is 199. The number of hydrogen-bond acceptors (Lipinski definition) is 1. The van der Waals surface area contributed by atoms with Gasteiger partial charge in [0.2, 0.25) is 0 Å². The average molecular weight is 179 g/mol. The molecular weight excluding hydrogens is 158 g/mol. The summed E-state index contributed by atoms with van der Waals surface area (Å²) in [7, 11) is 0. The summed E-state index contributed by atoms with van der Waals surface area (Å²) in [4.78, 5) is 0. The SMILES string of the molecule is CC#CCCC(N)C1CCCC1C. The summed E-state index contributed by atoms with van der Waals surface area (Å²) in [5, 5.41) is 0. The normalized spacial score (nSPS) is 29.5. The van der Waals surface area contributed by atoms with Crippen molar-refractivity contribution >= 4 is 0 Å². The van der Waals surface area contributed by atoms with Crippen LogP contribution in [0.3, 0.4) is 0 Å². The molecule has 3 atom stereocenters. The van der Waals surface area contributed by atoms with Gasteiger partial charge in [-0.3, -0.25) is 0 Å². The van der Waals surface area contributed by atoms with Crippen LogP contribution in [0.25, 0.3) is 0 Å². The first kappa shape index (κ1) is 10.6. The number of nitrogens with two attached hydrogens (primary N) is 1. The van der Waals surface area contributed by atoms with Crippen molar-refractivity contribution in [1.29, 1.82) is 0 Å². The third kappa shape index (κ3) is 3.04. The van der Waals surface area contributed by atoms with Gasteiger partial charge in [-0.05, 0) is 31.6 Å². The lowest BCUT2D eigenvalue weighted by molar-refractivity contribution is 0.334. The maximum Gasteiger partial charge on any atom is 0.0103 e. The molecule has 1 aliphatic carbocycles. The van der Waals surface area contributed by atoms with Gasteiger partial charge in [0, 0.05) is 12.5 Å². The van der Waals surface area contributed by atoms with Gasteiger partial charge in [-0.1, -0.05) is 19.8 Å². The van der Waals surface area contributed by atoms with Gasteiger partial charge in [0.1, 0.15) is 0 Å². The van der Waals surface area contributed by atoms with Crippen LogP contribution in [-0.2, 0) is 0 Å². The molecule has 0 amide bonds. The lowest BCUT2D eigenvalue weighted by Gasteiger charge is -2.22. The van der Waals surface area contributed by atoms with Gasteiger partial charge in [-0.25, -0.2) is 0 Å². The van der Waals surface area contributed by atoms with Gasteiger partial charge in [-0.15, -0.1) is 11.8 Å². The molecule has 1 aliphatic rings. The Morgan fingerprint density at radius 3 is 2.77 bits per heavy atom. The Morgan fingerprint density at radius 1 is 1.46 bits per heavy atom. The van der Waals surface area contributed by atoms with Crippen molar-refractivity contribution in [3.8, 4) is 11.8 Å². The van der Waals surface area contributed by atoms with Crippen LogP contribution in [0.4, 0.5) is 0 Å². The van der Waals surface area contributed by atoms with Crippen molar-refractivity contribution in [2.45, 2.75) is 52.0 Å². The first-order valence-electron chi connectivity index (χ1n) is 5.41. The van der Waals surface area contributed by atoms with Crippen molar-refractivity contribution in [3.63, 3.8) is 0 Å². The second-order valence-electron chi connectivity index (χ2n) is 4.20. The Kier molecular flexibility index (Phi) is 4.32. The minimum absolute atomic E-state index is 0.387. The number of hydrogen-bond donors (Lipinski definition) is 1. The molecule has 0 saturated heterocycles. The molecule has 0 spiro atoms. The van der Waals surface area contributed by atoms with Crippen LogP contribution in [0.1, 0.15) is 46.0 Å². The van der Waals surface area contributed by atoms with Crippen LogP contribution >= 0.6 is 0 Å². The minimum atomic E-state index is 0.387. The molecule has 0 aromatic carbocycles. The predicted molar refractivity (Wildman–Crippen MR) is 57.2 cm³/mol. The second-order valence-corrected chi connectivity index (χ2v) is 4.20. The van der Waals surface area contributed by atoms with Crippen molar-refractivity contribution in [2.75, 3.05) is 0 Å². The predicted octanol–water partition coefficient (Wildman–Crippen LogP) is 2.55. The molecule has 0 heterocycles. The molecule has 1 heteroatoms. The summed E-state index contributed by atoms with van der Waals surface area (Å²) in [5.74, 6) is 7.61. The van der Waals surface area contributed by atoms with Crippen molar-refractivity contribution in [3.05, 3.63) is 0 Å². The maximum absolute atomic E-state index is 6.14. The van der Waals surface area contributed by atoms with Crippen LogP contribution in [0.5, 0.6) is 0 Å². The zero-order chi connectivity index (χ0) is 9.68. The zero-order valence-electron chi connectivity index (χ0n) is 8.84. The average Bonchev–Trinajstić information content (AvgIpc) is 2.52. The van der Waals surface area contributed by atoms with Crippen LogP contribution in [0.15, 0.2) is 0 Å². The van der Waals surface area contributed by atoms with E-state index in [2.05, 4.69) is 18.8 Å². The number of rotatable bonds is 3. The van der Waals surface area contributed by atoms with Gasteiger partial charge >= 0.3 is 0 Å². The molecule has 1 fully saturated rings. The lowest BCUT2D eigenvalue weighted by atomic mass is 9.88. The molecule has 13 heavy (non-hydrogen) atoms. The monoisotopic (exact) mass is 179 g/mol. The summed E-state index contributed by atoms with van der Waals surface area (Å²) in [5.41, 5.74) is 6.14. The molecule has 0 aliphatic heterocycles. The molecule has 1 rings (SSSR count). The third-order valence-corrected chi connectivity index (χ3v) is 3.26. The molecule has 3 unspecified atom stereocenters. The minimum Gasteiger partial charge on any atom is -0.327 e. The summed E-state index contributed by atoms with van der Waals surface area (Å²) in [6, 6.07) is 0.387. The molecule has 0 aromatic rings. The van der Waals surface area contributed by atoms with Gasteiger partial charge in [0.05, 0.1) is 0 Å². The van der Waals surface area contributed by atoms with Crippen molar-refractivity contribution in [2.24, 2.45) is 17.6 Å². The van der Waals surface area contributed by atoms with E-state index >= 15 is 0 Å². The smallest absolute Gasteiger partial charge is 0.0103 e. The third-order valence-electron chi connectivity index (χ3n) is 3.26. The van der Waals surface area contributed by atoms with E-state index in [1.807, 2.05) is 6.92 Å². The Morgan fingerprint density at radius 2 is 2.23 bits per heavy atom. The van der Waals surface area contributed by atoms with Crippen LogP contribution in [0.2, 0.25) is 0 Å². The van der Waals surface area contributed by atoms with Gasteiger partial charge < -0.3 is 5.73 Å². The van der Waals surface area contributed by atoms with Crippen LogP contribution in [0, 0.1) is 23.7 Å². The fraction of sp³-hybridized carbons (Fsp3) is 0.833. The van der Waals surface area contributed by atoms with Crippen molar-refractivity contribution < 1.29 is 0 Å². The van der Waals surface area contributed by atoms with E-state index < -0.39 is 0 Å². The van der Waals surface area contributed by atoms with Crippen molar-refractivity contribution in [1.82, 2.24) is 0 Å². The maximum atomic E-state index is 6.14. The topological polar surface area (TPSA) is 26.0 Å². The van der Waals surface area contributed by atoms with E-state index in [9.17, 15) is 0 Å². The Balaban J connectivity index is 2.28. The fourth-order valence-corrected chi connectivity index (χ4v) is 2.39. The summed E-state index contributed by atoms with van der Waals surface area (Å²) < 4.78 is 0. The first-order chi connectivity index (χ1) is 6.25. The molecule has 0 aromatic heterocycles. The quantitative estimate of drug-likeness (QED) is 0.662. The molecule has 0 radical (unpaired) electrons. The molecule has 74 valence electrons. The van der Waals surface area contributed by atoms with E-state index in [-0.39, 0.29) is 0 Å². The van der Waals surface area contributed by atoms with E-state index in [1.54, 1.807) is 0 Å². The molecule has 1 saturated carbocycles. The highest BCUT2D eigenvalue weighted by Gasteiger charge is 2.27. The highest BCUT2D eigenvalue weighted by atomic mass is 14.7. The molecule has 2 N–H and O–H groups in total. The lowest BCUT2D eigenvalue weighted by Crippen LogP contribution is -2.31. The van der Waals surface area contributed by atoms with Crippen LogP contribution < -0.4 is 5.73 Å². The summed E-state index contributed by atoms with van der Waals surface area (Å²) >= 11 is 0. The highest BCUT2D eigenvalue weighted by molar-refractivity contribution is 4.96. The summed E-state index contributed by atoms with van der Waals surface area (Å²) in [6.45, 7) is 4.23. The Labute approximate surface area is 82.1 Å². The zero-order valence-corrected chi connectivity index (χ0v) is 8.84. The summed E-state index contributed by atoms with van der Waals surface area (Å²) in [6.07, 6.45) is 6.13. The molecular formula is C12H21N. The Hall–Kier alpha value is -0.480. The fourth-order valence-electron chi connectivity index (χ4n) is 2.39. The highest BCUT2D eigenvalue weighted by Crippen LogP contribution is 2.33. The largest absolute Gasteiger partial charge is 0.327 e. The standard InChI is InChI=1S/C12H21N/c1-3-4-5-9-12(13)11-8-6-7-10(11)2/h10-12H,5-9,13H2,1-2H3. The van der Waals surface area contributed by atoms with E-state index in [4.69, 9.17) is 5.73 Å². The van der Waals surface area contributed by atoms with Crippen LogP contribution in [-0.4, -0.2) is 6.04 Å². The van der Waals surface area contributed by atoms with Gasteiger partial charge in [0.15, 0.2) is 0 Å². The molecule has 0 bridgehead atoms. The van der Waals surface area contributed by atoms with E-state index in [0.29, 0.717) is 6.04 Å². The van der Waals surface area contributed by atoms with E-state index in [1.165, 1.54) is 19.3 Å². The van der Waals surface area contributed by atoms with Gasteiger partial charge in [0.25, 0.3) is 0 Å². The van der Waals surface area contributed by atoms with Gasteiger partial charge in [-0.2, -0.15) is 0 Å². The van der Waals surface area contributed by atoms with E-state index in [0.717, 1.165) is 24.7 Å². The first-order valence-corrected chi connectivity index (χ1v) is 5.41. The molecule has 1 nitrogen and oxygen atoms in total. The second kappa shape index (κ2) is 5.29.